The summed E-state index contributed by atoms with van der Waals surface area (Å²) in [6.07, 6.45) is 13.6. The molecule has 1 heterocycles. The Balaban J connectivity index is 1.77. The Bertz CT molecular complexity index is 525. The van der Waals surface area contributed by atoms with E-state index in [0.29, 0.717) is 5.69 Å². The summed E-state index contributed by atoms with van der Waals surface area (Å²) in [7, 11) is 0. The minimum absolute atomic E-state index is 0.0836. The number of rotatable bonds is 9. The van der Waals surface area contributed by atoms with Gasteiger partial charge in [0.15, 0.2) is 0 Å². The lowest BCUT2D eigenvalue weighted by atomic mass is 9.97. The average molecular weight is 315 g/mol. The highest BCUT2D eigenvalue weighted by molar-refractivity contribution is 5.93. The number of hydrogen-bond donors (Lipinski definition) is 2. The first kappa shape index (κ1) is 17.5. The molecule has 0 unspecified atom stereocenters. The molecule has 0 atom stereocenters. The van der Waals surface area contributed by atoms with Crippen LogP contribution in [-0.2, 0) is 0 Å². The van der Waals surface area contributed by atoms with Gasteiger partial charge in [-0.3, -0.25) is 9.78 Å². The van der Waals surface area contributed by atoms with E-state index in [1.165, 1.54) is 25.7 Å². The monoisotopic (exact) mass is 315 g/mol. The number of anilines is 1. The number of carbonyl (C=O) groups excluding carboxylic acids is 1. The van der Waals surface area contributed by atoms with E-state index in [0.717, 1.165) is 44.5 Å². The van der Waals surface area contributed by atoms with E-state index in [-0.39, 0.29) is 5.91 Å². The van der Waals surface area contributed by atoms with Crippen LogP contribution >= 0.6 is 0 Å². The largest absolute Gasteiger partial charge is 0.385 e. The van der Waals surface area contributed by atoms with Crippen molar-refractivity contribution in [3.8, 4) is 0 Å². The average Bonchev–Trinajstić information content (AvgIpc) is 2.60. The molecular weight excluding hydrogens is 286 g/mol. The molecule has 2 rings (SSSR count). The summed E-state index contributed by atoms with van der Waals surface area (Å²) in [5, 5.41) is 6.33. The van der Waals surface area contributed by atoms with Gasteiger partial charge in [-0.25, -0.2) is 0 Å². The second kappa shape index (κ2) is 10.0. The molecule has 0 aromatic carbocycles. The van der Waals surface area contributed by atoms with Crippen LogP contribution in [0.25, 0.3) is 0 Å². The molecule has 0 spiro atoms. The summed E-state index contributed by atoms with van der Waals surface area (Å²) in [6.45, 7) is 3.79. The number of nitrogens with one attached hydrogen (secondary N) is 2. The van der Waals surface area contributed by atoms with E-state index >= 15 is 0 Å². The van der Waals surface area contributed by atoms with Crippen molar-refractivity contribution < 1.29 is 4.79 Å². The molecule has 1 aliphatic carbocycles. The van der Waals surface area contributed by atoms with Gasteiger partial charge in [0.25, 0.3) is 5.91 Å². The second-order valence-corrected chi connectivity index (χ2v) is 6.18. The van der Waals surface area contributed by atoms with Crippen molar-refractivity contribution in [1.82, 2.24) is 10.3 Å². The highest BCUT2D eigenvalue weighted by Crippen LogP contribution is 2.20. The first-order valence-corrected chi connectivity index (χ1v) is 8.95. The summed E-state index contributed by atoms with van der Waals surface area (Å²) in [6, 6.07) is 3.76. The van der Waals surface area contributed by atoms with Crippen molar-refractivity contribution in [3.05, 3.63) is 35.7 Å². The highest BCUT2D eigenvalue weighted by Gasteiger charge is 2.07. The third-order valence-electron chi connectivity index (χ3n) is 4.22. The Morgan fingerprint density at radius 1 is 1.26 bits per heavy atom. The number of carbonyl (C=O) groups is 1. The lowest BCUT2D eigenvalue weighted by Gasteiger charge is -2.13. The zero-order valence-corrected chi connectivity index (χ0v) is 14.2. The minimum atomic E-state index is -0.0836. The summed E-state index contributed by atoms with van der Waals surface area (Å²) < 4.78 is 0. The van der Waals surface area contributed by atoms with E-state index in [1.807, 2.05) is 12.1 Å². The topological polar surface area (TPSA) is 54.0 Å². The molecule has 1 aliphatic rings. The summed E-state index contributed by atoms with van der Waals surface area (Å²) in [5.74, 6) is -0.0836. The maximum absolute atomic E-state index is 12.1. The van der Waals surface area contributed by atoms with Gasteiger partial charge in [0.1, 0.15) is 5.69 Å². The maximum atomic E-state index is 12.1. The number of hydrogen-bond acceptors (Lipinski definition) is 3. The molecule has 0 fully saturated rings. The third kappa shape index (κ3) is 6.43. The maximum Gasteiger partial charge on any atom is 0.269 e. The van der Waals surface area contributed by atoms with Crippen LogP contribution in [0.3, 0.4) is 0 Å². The SMILES string of the molecule is CCCCCNC(=O)c1cc(NCCC2=CCCCC2)ccn1. The molecule has 0 aliphatic heterocycles. The molecule has 1 aromatic rings. The molecule has 1 aromatic heterocycles. The fourth-order valence-electron chi connectivity index (χ4n) is 2.83. The molecule has 1 amide bonds. The quantitative estimate of drug-likeness (QED) is 0.527. The van der Waals surface area contributed by atoms with Crippen molar-refractivity contribution >= 4 is 11.6 Å². The van der Waals surface area contributed by atoms with Crippen LogP contribution in [0.1, 0.15) is 68.8 Å². The predicted molar refractivity (Wildman–Crippen MR) is 95.8 cm³/mol. The van der Waals surface area contributed by atoms with Gasteiger partial charge >= 0.3 is 0 Å². The Labute approximate surface area is 139 Å². The van der Waals surface area contributed by atoms with Crippen molar-refractivity contribution in [2.24, 2.45) is 0 Å². The predicted octanol–water partition coefficient (Wildman–Crippen LogP) is 4.30. The van der Waals surface area contributed by atoms with Crippen molar-refractivity contribution in [1.29, 1.82) is 0 Å². The molecule has 0 bridgehead atoms. The number of aromatic nitrogens is 1. The zero-order chi connectivity index (χ0) is 16.3. The van der Waals surface area contributed by atoms with E-state index in [2.05, 4.69) is 28.6 Å². The molecule has 23 heavy (non-hydrogen) atoms. The van der Waals surface area contributed by atoms with Crippen LogP contribution < -0.4 is 10.6 Å². The van der Waals surface area contributed by atoms with E-state index < -0.39 is 0 Å². The van der Waals surface area contributed by atoms with Gasteiger partial charge in [0.05, 0.1) is 0 Å². The molecular formula is C19H29N3O. The first-order valence-electron chi connectivity index (χ1n) is 8.95. The van der Waals surface area contributed by atoms with Crippen molar-refractivity contribution in [2.75, 3.05) is 18.4 Å². The Morgan fingerprint density at radius 2 is 2.17 bits per heavy atom. The van der Waals surface area contributed by atoms with Crippen LogP contribution in [0.2, 0.25) is 0 Å². The van der Waals surface area contributed by atoms with Gasteiger partial charge in [-0.2, -0.15) is 0 Å². The summed E-state index contributed by atoms with van der Waals surface area (Å²) >= 11 is 0. The number of amides is 1. The molecule has 0 saturated heterocycles. The Kier molecular flexibility index (Phi) is 7.64. The molecule has 0 radical (unpaired) electrons. The second-order valence-electron chi connectivity index (χ2n) is 6.18. The van der Waals surface area contributed by atoms with Gasteiger partial charge in [-0.15, -0.1) is 0 Å². The normalized spacial score (nSPS) is 14.2. The fraction of sp³-hybridized carbons (Fsp3) is 0.579. The fourth-order valence-corrected chi connectivity index (χ4v) is 2.83. The standard InChI is InChI=1S/C19H29N3O/c1-2-3-7-12-22-19(23)18-15-17(11-14-21-18)20-13-10-16-8-5-4-6-9-16/h8,11,14-15H,2-7,9-10,12-13H2,1H3,(H,20,21)(H,22,23). The Hall–Kier alpha value is -1.84. The lowest BCUT2D eigenvalue weighted by Crippen LogP contribution is -2.25. The number of nitrogens with zero attached hydrogens (tertiary/aromatic N) is 1. The summed E-state index contributed by atoms with van der Waals surface area (Å²) in [4.78, 5) is 16.2. The lowest BCUT2D eigenvalue weighted by molar-refractivity contribution is 0.0948. The molecule has 126 valence electrons. The number of unbranched alkanes of at least 4 members (excludes halogenated alkanes) is 2. The van der Waals surface area contributed by atoms with E-state index in [9.17, 15) is 4.79 Å². The van der Waals surface area contributed by atoms with Crippen molar-refractivity contribution in [3.63, 3.8) is 0 Å². The molecule has 0 saturated carbocycles. The number of allylic oxidation sites excluding steroid dienone is 1. The highest BCUT2D eigenvalue weighted by atomic mass is 16.1. The van der Waals surface area contributed by atoms with Crippen LogP contribution in [0, 0.1) is 0 Å². The number of pyridine rings is 1. The smallest absolute Gasteiger partial charge is 0.269 e. The zero-order valence-electron chi connectivity index (χ0n) is 14.2. The molecule has 4 heteroatoms. The van der Waals surface area contributed by atoms with Gasteiger partial charge in [-0.05, 0) is 50.7 Å². The minimum Gasteiger partial charge on any atom is -0.385 e. The van der Waals surface area contributed by atoms with E-state index in [4.69, 9.17) is 0 Å². The summed E-state index contributed by atoms with van der Waals surface area (Å²) in [5.41, 5.74) is 3.02. The van der Waals surface area contributed by atoms with Gasteiger partial charge in [0, 0.05) is 25.0 Å². The van der Waals surface area contributed by atoms with E-state index in [1.54, 1.807) is 11.8 Å². The first-order chi connectivity index (χ1) is 11.3. The molecule has 2 N–H and O–H groups in total. The van der Waals surface area contributed by atoms with Crippen LogP contribution in [0.5, 0.6) is 0 Å². The van der Waals surface area contributed by atoms with Gasteiger partial charge < -0.3 is 10.6 Å². The third-order valence-corrected chi connectivity index (χ3v) is 4.22. The Morgan fingerprint density at radius 3 is 2.96 bits per heavy atom. The van der Waals surface area contributed by atoms with Crippen LogP contribution in [0.4, 0.5) is 5.69 Å². The van der Waals surface area contributed by atoms with Crippen molar-refractivity contribution in [2.45, 2.75) is 58.3 Å². The van der Waals surface area contributed by atoms with Gasteiger partial charge in [-0.1, -0.05) is 31.4 Å². The van der Waals surface area contributed by atoms with Crippen LogP contribution in [0.15, 0.2) is 30.0 Å². The molecule has 4 nitrogen and oxygen atoms in total. The van der Waals surface area contributed by atoms with Gasteiger partial charge in [0.2, 0.25) is 0 Å². The van der Waals surface area contributed by atoms with Crippen LogP contribution in [-0.4, -0.2) is 24.0 Å².